The predicted molar refractivity (Wildman–Crippen MR) is 118 cm³/mol. The molecule has 28 heavy (non-hydrogen) atoms. The van der Waals surface area contributed by atoms with Gasteiger partial charge in [-0.2, -0.15) is 0 Å². The number of carbonyl (C=O) groups excluding carboxylic acids is 1. The van der Waals surface area contributed by atoms with Gasteiger partial charge in [-0.05, 0) is 72.9 Å². The van der Waals surface area contributed by atoms with Crippen molar-refractivity contribution < 1.29 is 14.3 Å². The Morgan fingerprint density at radius 3 is 2.36 bits per heavy atom. The van der Waals surface area contributed by atoms with Crippen molar-refractivity contribution in [3.8, 4) is 11.5 Å². The van der Waals surface area contributed by atoms with E-state index in [0.29, 0.717) is 17.0 Å². The van der Waals surface area contributed by atoms with Crippen LogP contribution in [-0.4, -0.2) is 18.2 Å². The van der Waals surface area contributed by atoms with Crippen molar-refractivity contribution in [2.75, 3.05) is 17.7 Å². The molecule has 0 spiro atoms. The smallest absolute Gasteiger partial charge is 0.266 e. The van der Waals surface area contributed by atoms with Crippen molar-refractivity contribution in [1.82, 2.24) is 0 Å². The van der Waals surface area contributed by atoms with Gasteiger partial charge in [-0.15, -0.1) is 0 Å². The highest BCUT2D eigenvalue weighted by Crippen LogP contribution is 2.19. The highest BCUT2D eigenvalue weighted by atomic mass is 79.9. The van der Waals surface area contributed by atoms with Crippen LogP contribution in [0.1, 0.15) is 10.4 Å². The zero-order valence-electron chi connectivity index (χ0n) is 14.9. The summed E-state index contributed by atoms with van der Waals surface area (Å²) in [6.07, 6.45) is 0. The van der Waals surface area contributed by atoms with Crippen LogP contribution in [-0.2, 0) is 0 Å². The number of carbonyl (C=O) groups is 1. The van der Waals surface area contributed by atoms with Crippen molar-refractivity contribution in [3.05, 3.63) is 82.8 Å². The fraction of sp³-hybridized carbons (Fsp3) is 0.0476. The lowest BCUT2D eigenvalue weighted by molar-refractivity contribution is 0.102. The lowest BCUT2D eigenvalue weighted by atomic mass is 10.2. The minimum atomic E-state index is -0.238. The number of ether oxygens (including phenoxy) is 2. The maximum atomic E-state index is 12.5. The van der Waals surface area contributed by atoms with Crippen LogP contribution in [0.5, 0.6) is 11.5 Å². The molecule has 0 aliphatic carbocycles. The molecule has 2 N–H and O–H groups in total. The molecule has 0 aromatic heterocycles. The molecule has 0 unspecified atom stereocenters. The van der Waals surface area contributed by atoms with Gasteiger partial charge in [0.05, 0.1) is 7.11 Å². The van der Waals surface area contributed by atoms with Crippen LogP contribution < -0.4 is 20.1 Å². The summed E-state index contributed by atoms with van der Waals surface area (Å²) in [7, 11) is 1.61. The second-order valence-electron chi connectivity index (χ2n) is 5.74. The van der Waals surface area contributed by atoms with Crippen LogP contribution in [0.25, 0.3) is 0 Å². The normalized spacial score (nSPS) is 10.1. The summed E-state index contributed by atoms with van der Waals surface area (Å²) in [6.45, 7) is 0. The van der Waals surface area contributed by atoms with Crippen LogP contribution in [0.15, 0.2) is 77.3 Å². The Bertz CT molecular complexity index is 993. The number of hydrogen-bond acceptors (Lipinski definition) is 4. The number of benzene rings is 3. The number of halogens is 1. The highest BCUT2D eigenvalue weighted by Gasteiger charge is 2.09. The Balaban J connectivity index is 1.63. The van der Waals surface area contributed by atoms with Gasteiger partial charge in [-0.25, -0.2) is 0 Å². The first-order chi connectivity index (χ1) is 13.5. The summed E-state index contributed by atoms with van der Waals surface area (Å²) in [5.74, 6) is 0.979. The van der Waals surface area contributed by atoms with E-state index in [1.54, 1.807) is 31.4 Å². The molecule has 0 radical (unpaired) electrons. The molecule has 7 heteroatoms. The third-order valence-corrected chi connectivity index (χ3v) is 4.40. The van der Waals surface area contributed by atoms with Gasteiger partial charge in [0.15, 0.2) is 0 Å². The van der Waals surface area contributed by atoms with E-state index in [1.807, 2.05) is 48.5 Å². The fourth-order valence-electron chi connectivity index (χ4n) is 2.40. The van der Waals surface area contributed by atoms with Crippen LogP contribution >= 0.6 is 28.1 Å². The van der Waals surface area contributed by atoms with Crippen LogP contribution in [0.2, 0.25) is 0 Å². The summed E-state index contributed by atoms with van der Waals surface area (Å²) >= 11 is 8.62. The first-order valence-corrected chi connectivity index (χ1v) is 9.53. The summed E-state index contributed by atoms with van der Waals surface area (Å²) in [5.41, 5.74) is 1.93. The molecule has 0 aliphatic rings. The summed E-state index contributed by atoms with van der Waals surface area (Å²) in [6, 6.07) is 21.5. The van der Waals surface area contributed by atoms with E-state index >= 15 is 0 Å². The molecule has 0 atom stereocenters. The Hall–Kier alpha value is -2.90. The van der Waals surface area contributed by atoms with E-state index in [0.717, 1.165) is 15.9 Å². The largest absolute Gasteiger partial charge is 0.497 e. The molecule has 0 saturated carbocycles. The minimum Gasteiger partial charge on any atom is -0.497 e. The molecule has 0 bridgehead atoms. The molecular weight excluding hydrogens is 440 g/mol. The molecule has 0 heterocycles. The predicted octanol–water partition coefficient (Wildman–Crippen LogP) is 5.49. The summed E-state index contributed by atoms with van der Waals surface area (Å²) in [4.78, 5) is 12.5. The molecule has 3 aromatic carbocycles. The van der Waals surface area contributed by atoms with Crippen LogP contribution in [0.3, 0.4) is 0 Å². The fourth-order valence-corrected chi connectivity index (χ4v) is 3.01. The second-order valence-corrected chi connectivity index (χ2v) is 7.02. The van der Waals surface area contributed by atoms with E-state index in [2.05, 4.69) is 26.6 Å². The lowest BCUT2D eigenvalue weighted by Gasteiger charge is -2.11. The van der Waals surface area contributed by atoms with Crippen molar-refractivity contribution in [1.29, 1.82) is 0 Å². The van der Waals surface area contributed by atoms with Crippen molar-refractivity contribution in [2.24, 2.45) is 0 Å². The van der Waals surface area contributed by atoms with E-state index in [9.17, 15) is 4.79 Å². The quantitative estimate of drug-likeness (QED) is 0.497. The first-order valence-electron chi connectivity index (χ1n) is 8.33. The number of nitrogens with one attached hydrogen (secondary N) is 2. The average Bonchev–Trinajstić information content (AvgIpc) is 2.68. The zero-order valence-corrected chi connectivity index (χ0v) is 17.3. The molecule has 1 amide bonds. The number of rotatable bonds is 5. The molecule has 0 fully saturated rings. The molecular formula is C21H17BrN2O3S. The zero-order chi connectivity index (χ0) is 19.9. The van der Waals surface area contributed by atoms with Crippen molar-refractivity contribution in [2.45, 2.75) is 0 Å². The molecule has 5 nitrogen and oxygen atoms in total. The molecule has 3 aromatic rings. The SMILES string of the molecule is COc1ccc(NC(=S)Oc2cccc(C(=O)Nc3cccc(Br)c3)c2)cc1. The molecule has 3 rings (SSSR count). The van der Waals surface area contributed by atoms with E-state index < -0.39 is 0 Å². The molecule has 142 valence electrons. The van der Waals surface area contributed by atoms with Gasteiger partial charge >= 0.3 is 0 Å². The molecule has 0 aliphatic heterocycles. The highest BCUT2D eigenvalue weighted by molar-refractivity contribution is 9.10. The Kier molecular flexibility index (Phi) is 6.62. The van der Waals surface area contributed by atoms with E-state index in [1.165, 1.54) is 0 Å². The second kappa shape index (κ2) is 9.34. The lowest BCUT2D eigenvalue weighted by Crippen LogP contribution is -2.17. The van der Waals surface area contributed by atoms with Gasteiger partial charge in [0.1, 0.15) is 11.5 Å². The van der Waals surface area contributed by atoms with Crippen molar-refractivity contribution in [3.63, 3.8) is 0 Å². The topological polar surface area (TPSA) is 59.6 Å². The maximum Gasteiger partial charge on any atom is 0.266 e. The van der Waals surface area contributed by atoms with Gasteiger partial charge in [0.2, 0.25) is 0 Å². The van der Waals surface area contributed by atoms with E-state index in [-0.39, 0.29) is 11.1 Å². The number of methoxy groups -OCH3 is 1. The third kappa shape index (κ3) is 5.55. The third-order valence-electron chi connectivity index (χ3n) is 3.73. The monoisotopic (exact) mass is 456 g/mol. The van der Waals surface area contributed by atoms with Gasteiger partial charge < -0.3 is 20.1 Å². The van der Waals surface area contributed by atoms with Crippen molar-refractivity contribution >= 4 is 50.6 Å². The van der Waals surface area contributed by atoms with Gasteiger partial charge in [-0.3, -0.25) is 4.79 Å². The number of amides is 1. The van der Waals surface area contributed by atoms with Gasteiger partial charge in [0.25, 0.3) is 11.1 Å². The van der Waals surface area contributed by atoms with Crippen LogP contribution in [0, 0.1) is 0 Å². The average molecular weight is 457 g/mol. The summed E-state index contributed by atoms with van der Waals surface area (Å²) < 4.78 is 11.6. The Morgan fingerprint density at radius 1 is 0.893 bits per heavy atom. The number of thiocarbonyl (C=S) groups is 1. The standard InChI is InChI=1S/C21H17BrN2O3S/c1-26-18-10-8-16(9-11-18)24-21(28)27-19-7-2-4-14(12-19)20(25)23-17-6-3-5-15(22)13-17/h2-13H,1H3,(H,23,25)(H,24,28). The Morgan fingerprint density at radius 2 is 1.64 bits per heavy atom. The summed E-state index contributed by atoms with van der Waals surface area (Å²) in [5, 5.41) is 6.01. The Labute approximate surface area is 176 Å². The first kappa shape index (κ1) is 19.9. The minimum absolute atomic E-state index is 0.176. The van der Waals surface area contributed by atoms with Gasteiger partial charge in [-0.1, -0.05) is 28.1 Å². The van der Waals surface area contributed by atoms with Gasteiger partial charge in [0, 0.05) is 21.4 Å². The number of anilines is 2. The maximum absolute atomic E-state index is 12.5. The van der Waals surface area contributed by atoms with Crippen LogP contribution in [0.4, 0.5) is 11.4 Å². The van der Waals surface area contributed by atoms with E-state index in [4.69, 9.17) is 21.7 Å². The molecule has 0 saturated heterocycles. The number of hydrogen-bond donors (Lipinski definition) is 2.